The zero-order valence-corrected chi connectivity index (χ0v) is 16.8. The van der Waals surface area contributed by atoms with Gasteiger partial charge in [0.2, 0.25) is 0 Å². The molecule has 9 nitrogen and oxygen atoms in total. The molecule has 1 aliphatic heterocycles. The molecule has 1 aromatic heterocycles. The van der Waals surface area contributed by atoms with Crippen LogP contribution in [0.15, 0.2) is 29.6 Å². The monoisotopic (exact) mass is 417 g/mol. The molecule has 0 unspecified atom stereocenters. The minimum Gasteiger partial charge on any atom is -0.480 e. The molecule has 0 amide bonds. The molecule has 154 valence electrons. The third kappa shape index (κ3) is 5.30. The van der Waals surface area contributed by atoms with Crippen molar-refractivity contribution < 1.29 is 19.5 Å². The van der Waals surface area contributed by atoms with Gasteiger partial charge in [-0.15, -0.1) is 16.4 Å². The van der Waals surface area contributed by atoms with E-state index in [0.29, 0.717) is 36.6 Å². The average Bonchev–Trinajstić information content (AvgIpc) is 3.16. The first-order valence-electron chi connectivity index (χ1n) is 9.15. The third-order valence-electron chi connectivity index (χ3n) is 4.66. The number of anilines is 1. The lowest BCUT2D eigenvalue weighted by molar-refractivity contribution is -0.192. The van der Waals surface area contributed by atoms with Crippen molar-refractivity contribution in [3.8, 4) is 11.3 Å². The van der Waals surface area contributed by atoms with Crippen LogP contribution in [0.25, 0.3) is 11.3 Å². The molecule has 2 heterocycles. The second-order valence-corrected chi connectivity index (χ2v) is 7.61. The molecule has 0 atom stereocenters. The van der Waals surface area contributed by atoms with Gasteiger partial charge in [-0.3, -0.25) is 15.0 Å². The van der Waals surface area contributed by atoms with Crippen LogP contribution in [0.5, 0.6) is 0 Å². The number of aliphatic carboxylic acids is 1. The largest absolute Gasteiger partial charge is 0.480 e. The Hall–Kier alpha value is -2.98. The first kappa shape index (κ1) is 20.7. The average molecular weight is 417 g/mol. The van der Waals surface area contributed by atoms with Gasteiger partial charge in [-0.05, 0) is 12.8 Å². The van der Waals surface area contributed by atoms with Crippen LogP contribution in [-0.4, -0.2) is 58.6 Å². The van der Waals surface area contributed by atoms with Crippen molar-refractivity contribution in [2.24, 2.45) is 5.73 Å². The van der Waals surface area contributed by atoms with E-state index in [1.54, 1.807) is 17.2 Å². The number of hydroxylamine groups is 2. The first-order valence-corrected chi connectivity index (χ1v) is 10.0. The fraction of sp³-hybridized carbons (Fsp3) is 0.368. The van der Waals surface area contributed by atoms with Gasteiger partial charge < -0.3 is 20.6 Å². The number of nitrogens with zero attached hydrogens (tertiary/aromatic N) is 3. The second kappa shape index (κ2) is 9.01. The van der Waals surface area contributed by atoms with Gasteiger partial charge >= 0.3 is 11.9 Å². The van der Waals surface area contributed by atoms with Crippen LogP contribution in [-0.2, 0) is 14.4 Å². The molecule has 1 saturated heterocycles. The van der Waals surface area contributed by atoms with Crippen molar-refractivity contribution in [1.29, 1.82) is 5.41 Å². The van der Waals surface area contributed by atoms with Crippen LogP contribution in [0.4, 0.5) is 5.13 Å². The number of carbonyl (C=O) groups is 2. The molecule has 0 bridgehead atoms. The van der Waals surface area contributed by atoms with Crippen molar-refractivity contribution in [2.75, 3.05) is 24.5 Å². The lowest BCUT2D eigenvalue weighted by Crippen LogP contribution is -2.47. The molecule has 0 radical (unpaired) electrons. The second-order valence-electron chi connectivity index (χ2n) is 6.77. The van der Waals surface area contributed by atoms with Gasteiger partial charge in [0, 0.05) is 42.6 Å². The Kier molecular flexibility index (Phi) is 6.45. The molecule has 4 N–H and O–H groups in total. The Morgan fingerprint density at radius 2 is 2.00 bits per heavy atom. The topological polar surface area (TPSA) is 133 Å². The number of carbonyl (C=O) groups excluding carboxylic acids is 1. The van der Waals surface area contributed by atoms with E-state index in [2.05, 4.69) is 4.98 Å². The lowest BCUT2D eigenvalue weighted by atomic mass is 10.1. The number of nitrogen functional groups attached to an aromatic ring is 1. The number of benzene rings is 1. The van der Waals surface area contributed by atoms with E-state index in [1.807, 2.05) is 22.4 Å². The molecule has 10 heteroatoms. The predicted octanol–water partition coefficient (Wildman–Crippen LogP) is 1.93. The van der Waals surface area contributed by atoms with E-state index in [1.165, 1.54) is 18.3 Å². The number of thiazole rings is 1. The van der Waals surface area contributed by atoms with Gasteiger partial charge in [0.15, 0.2) is 5.13 Å². The summed E-state index contributed by atoms with van der Waals surface area (Å²) in [5.74, 6) is -1.27. The summed E-state index contributed by atoms with van der Waals surface area (Å²) in [7, 11) is 0. The molecule has 0 spiro atoms. The summed E-state index contributed by atoms with van der Waals surface area (Å²) < 4.78 is 0. The molecule has 0 aliphatic carbocycles. The number of carboxylic acids is 1. The first-order chi connectivity index (χ1) is 13.8. The number of amidine groups is 1. The molecule has 1 aliphatic rings. The van der Waals surface area contributed by atoms with Gasteiger partial charge in [-0.25, -0.2) is 4.98 Å². The molecule has 0 saturated carbocycles. The smallest absolute Gasteiger partial charge is 0.323 e. The summed E-state index contributed by atoms with van der Waals surface area (Å²) in [6, 6.07) is 7.20. The summed E-state index contributed by atoms with van der Waals surface area (Å²) in [4.78, 5) is 34.1. The van der Waals surface area contributed by atoms with Crippen molar-refractivity contribution in [3.63, 3.8) is 0 Å². The van der Waals surface area contributed by atoms with Gasteiger partial charge in [-0.1, -0.05) is 24.3 Å². The summed E-state index contributed by atoms with van der Waals surface area (Å²) >= 11 is 1.40. The molecule has 1 fully saturated rings. The Bertz CT molecular complexity index is 890. The van der Waals surface area contributed by atoms with Gasteiger partial charge in [-0.2, -0.15) is 0 Å². The Morgan fingerprint density at radius 3 is 2.55 bits per heavy atom. The van der Waals surface area contributed by atoms with E-state index >= 15 is 0 Å². The standard InChI is InChI=1S/C19H23N5O4S/c1-12(25)28-23-8-6-15(7-9-23)24(10-17(26)27)19-22-16(11-29-19)13-2-4-14(5-3-13)18(20)21/h2-5,11,15H,6-10H2,1H3,(H3,20,21)(H,26,27). The maximum Gasteiger partial charge on any atom is 0.323 e. The van der Waals surface area contributed by atoms with Gasteiger partial charge in [0.05, 0.1) is 5.69 Å². The van der Waals surface area contributed by atoms with E-state index in [4.69, 9.17) is 16.0 Å². The summed E-state index contributed by atoms with van der Waals surface area (Å²) in [6.07, 6.45) is 1.34. The number of carboxylic acid groups (broad SMARTS) is 1. The maximum atomic E-state index is 11.4. The number of hydrogen-bond acceptors (Lipinski definition) is 8. The van der Waals surface area contributed by atoms with Crippen LogP contribution >= 0.6 is 11.3 Å². The van der Waals surface area contributed by atoms with Crippen LogP contribution < -0.4 is 10.6 Å². The lowest BCUT2D eigenvalue weighted by Gasteiger charge is -2.36. The van der Waals surface area contributed by atoms with E-state index in [9.17, 15) is 14.7 Å². The number of aromatic nitrogens is 1. The number of hydrogen-bond donors (Lipinski definition) is 3. The predicted molar refractivity (Wildman–Crippen MR) is 110 cm³/mol. The van der Waals surface area contributed by atoms with Crippen LogP contribution in [0, 0.1) is 5.41 Å². The number of piperidine rings is 1. The molecule has 1 aromatic carbocycles. The van der Waals surface area contributed by atoms with E-state index < -0.39 is 5.97 Å². The highest BCUT2D eigenvalue weighted by molar-refractivity contribution is 7.14. The van der Waals surface area contributed by atoms with E-state index in [0.717, 1.165) is 11.3 Å². The van der Waals surface area contributed by atoms with Crippen molar-refractivity contribution >= 4 is 34.2 Å². The Labute approximate surface area is 172 Å². The van der Waals surface area contributed by atoms with Crippen molar-refractivity contribution in [2.45, 2.75) is 25.8 Å². The zero-order chi connectivity index (χ0) is 21.0. The minimum atomic E-state index is -0.921. The number of nitrogens with one attached hydrogen (secondary N) is 1. The molecule has 2 aromatic rings. The highest BCUT2D eigenvalue weighted by Crippen LogP contribution is 2.31. The summed E-state index contributed by atoms with van der Waals surface area (Å²) in [5, 5.41) is 21.0. The summed E-state index contributed by atoms with van der Waals surface area (Å²) in [5.41, 5.74) is 7.74. The number of nitrogens with two attached hydrogens (primary N) is 1. The minimum absolute atomic E-state index is 0.00278. The zero-order valence-electron chi connectivity index (χ0n) is 16.0. The fourth-order valence-electron chi connectivity index (χ4n) is 3.27. The fourth-order valence-corrected chi connectivity index (χ4v) is 4.18. The van der Waals surface area contributed by atoms with Crippen LogP contribution in [0.1, 0.15) is 25.3 Å². The van der Waals surface area contributed by atoms with E-state index in [-0.39, 0.29) is 24.4 Å². The molecular weight excluding hydrogens is 394 g/mol. The SMILES string of the molecule is CC(=O)ON1CCC(N(CC(=O)O)c2nc(-c3ccc(C(=N)N)cc3)cs2)CC1. The Balaban J connectivity index is 1.75. The number of rotatable bonds is 7. The molecule has 3 rings (SSSR count). The molecular formula is C19H23N5O4S. The quantitative estimate of drug-likeness (QED) is 0.460. The normalized spacial score (nSPS) is 15.1. The third-order valence-corrected chi connectivity index (χ3v) is 5.53. The highest BCUT2D eigenvalue weighted by Gasteiger charge is 2.29. The van der Waals surface area contributed by atoms with Crippen LogP contribution in [0.3, 0.4) is 0 Å². The van der Waals surface area contributed by atoms with Gasteiger partial charge in [0.25, 0.3) is 0 Å². The maximum absolute atomic E-state index is 11.4. The Morgan fingerprint density at radius 1 is 1.34 bits per heavy atom. The van der Waals surface area contributed by atoms with Gasteiger partial charge in [0.1, 0.15) is 12.4 Å². The highest BCUT2D eigenvalue weighted by atomic mass is 32.1. The van der Waals surface area contributed by atoms with Crippen LogP contribution in [0.2, 0.25) is 0 Å². The van der Waals surface area contributed by atoms with Crippen molar-refractivity contribution in [3.05, 3.63) is 35.2 Å². The molecule has 29 heavy (non-hydrogen) atoms. The van der Waals surface area contributed by atoms with Crippen molar-refractivity contribution in [1.82, 2.24) is 10.0 Å². The summed E-state index contributed by atoms with van der Waals surface area (Å²) in [6.45, 7) is 2.31.